The molecule has 0 saturated heterocycles. The molecule has 3 rings (SSSR count). The molecule has 86 valence electrons. The molecule has 3 saturated carbocycles. The van der Waals surface area contributed by atoms with Gasteiger partial charge in [-0.25, -0.2) is 0 Å². The molecule has 3 aliphatic carbocycles. The molecule has 0 aromatic rings. The Balaban J connectivity index is 2.21. The van der Waals surface area contributed by atoms with Crippen molar-refractivity contribution in [2.24, 2.45) is 16.2 Å². The van der Waals surface area contributed by atoms with Gasteiger partial charge in [0, 0.05) is 0 Å². The lowest BCUT2D eigenvalue weighted by Gasteiger charge is -2.57. The van der Waals surface area contributed by atoms with E-state index < -0.39 is 5.97 Å². The van der Waals surface area contributed by atoms with Crippen LogP contribution in [0.3, 0.4) is 0 Å². The van der Waals surface area contributed by atoms with Crippen LogP contribution in [0.5, 0.6) is 0 Å². The first-order valence-electron chi connectivity index (χ1n) is 6.05. The van der Waals surface area contributed by atoms with Gasteiger partial charge in [-0.3, -0.25) is 4.79 Å². The van der Waals surface area contributed by atoms with Gasteiger partial charge in [0.15, 0.2) is 0 Å². The van der Waals surface area contributed by atoms with E-state index in [9.17, 15) is 9.90 Å². The van der Waals surface area contributed by atoms with Gasteiger partial charge in [0.1, 0.15) is 0 Å². The molecule has 2 nitrogen and oxygen atoms in total. The number of rotatable bonds is 1. The number of aliphatic carboxylic acids is 1. The van der Waals surface area contributed by atoms with Crippen LogP contribution in [0.15, 0.2) is 0 Å². The van der Waals surface area contributed by atoms with E-state index in [4.69, 9.17) is 0 Å². The summed E-state index contributed by atoms with van der Waals surface area (Å²) in [4.78, 5) is 11.3. The van der Waals surface area contributed by atoms with Crippen LogP contribution in [0.25, 0.3) is 0 Å². The van der Waals surface area contributed by atoms with E-state index in [1.165, 1.54) is 0 Å². The summed E-state index contributed by atoms with van der Waals surface area (Å²) in [5, 5.41) is 9.30. The molecule has 3 aliphatic rings. The van der Waals surface area contributed by atoms with Crippen molar-refractivity contribution in [2.75, 3.05) is 0 Å². The fraction of sp³-hybridized carbons (Fsp3) is 0.923. The van der Waals surface area contributed by atoms with Gasteiger partial charge in [0.05, 0.1) is 5.41 Å². The van der Waals surface area contributed by atoms with Gasteiger partial charge in [0.2, 0.25) is 0 Å². The Bertz CT molecular complexity index is 261. The molecular weight excluding hydrogens is 188 g/mol. The summed E-state index contributed by atoms with van der Waals surface area (Å²) in [5.74, 6) is -0.551. The van der Waals surface area contributed by atoms with Crippen LogP contribution in [0.1, 0.15) is 59.3 Å². The molecule has 0 amide bonds. The quantitative estimate of drug-likeness (QED) is 0.719. The highest BCUT2D eigenvalue weighted by atomic mass is 16.4. The van der Waals surface area contributed by atoms with Crippen molar-refractivity contribution in [1.29, 1.82) is 0 Å². The number of carbonyl (C=O) groups is 1. The molecule has 1 N–H and O–H groups in total. The van der Waals surface area contributed by atoms with Gasteiger partial charge in [-0.15, -0.1) is 0 Å². The summed E-state index contributed by atoms with van der Waals surface area (Å²) >= 11 is 0. The van der Waals surface area contributed by atoms with Crippen molar-refractivity contribution < 1.29 is 9.90 Å². The second-order valence-corrected chi connectivity index (χ2v) is 6.62. The minimum atomic E-state index is -0.551. The third-order valence-corrected chi connectivity index (χ3v) is 5.29. The van der Waals surface area contributed by atoms with E-state index >= 15 is 0 Å². The van der Waals surface area contributed by atoms with Crippen LogP contribution in [0, 0.1) is 16.2 Å². The van der Waals surface area contributed by atoms with Crippen LogP contribution < -0.4 is 0 Å². The van der Waals surface area contributed by atoms with Crippen LogP contribution >= 0.6 is 0 Å². The Kier molecular flexibility index (Phi) is 2.19. The lowest BCUT2D eigenvalue weighted by molar-refractivity contribution is -0.164. The van der Waals surface area contributed by atoms with Crippen molar-refractivity contribution in [1.82, 2.24) is 0 Å². The highest BCUT2D eigenvalue weighted by Gasteiger charge is 2.56. The monoisotopic (exact) mass is 210 g/mol. The second-order valence-electron chi connectivity index (χ2n) is 6.62. The molecule has 3 fully saturated rings. The third kappa shape index (κ3) is 1.41. The lowest BCUT2D eigenvalue weighted by Crippen LogP contribution is -2.50. The summed E-state index contributed by atoms with van der Waals surface area (Å²) in [7, 11) is 0. The molecular formula is C13H22O2. The first-order chi connectivity index (χ1) is 6.81. The molecule has 2 heteroatoms. The summed E-state index contributed by atoms with van der Waals surface area (Å²) in [6.07, 6.45) is 6.05. The maximum absolute atomic E-state index is 11.3. The first kappa shape index (κ1) is 11.0. The van der Waals surface area contributed by atoms with E-state index in [2.05, 4.69) is 20.8 Å². The number of hydrogen-bond acceptors (Lipinski definition) is 1. The molecule has 0 aliphatic heterocycles. The molecule has 0 unspecified atom stereocenters. The Labute approximate surface area is 92.1 Å². The third-order valence-electron chi connectivity index (χ3n) is 5.29. The Morgan fingerprint density at radius 1 is 1.00 bits per heavy atom. The number of carboxylic acids is 1. The van der Waals surface area contributed by atoms with Crippen LogP contribution in [-0.4, -0.2) is 11.1 Å². The zero-order chi connectivity index (χ0) is 11.3. The average Bonchev–Trinajstić information content (AvgIpc) is 2.19. The predicted octanol–water partition coefficient (Wildman–Crippen LogP) is 3.46. The molecule has 0 radical (unpaired) electrons. The van der Waals surface area contributed by atoms with E-state index in [0.29, 0.717) is 10.8 Å². The normalized spacial score (nSPS) is 40.5. The zero-order valence-electron chi connectivity index (χ0n) is 10.1. The summed E-state index contributed by atoms with van der Waals surface area (Å²) in [5.41, 5.74) is 0.398. The van der Waals surface area contributed by atoms with Gasteiger partial charge in [-0.2, -0.15) is 0 Å². The SMILES string of the molecule is CC(C)(C)C12CCC(C(=O)O)(CC1)CC2. The molecule has 0 aromatic heterocycles. The van der Waals surface area contributed by atoms with Gasteiger partial charge in [-0.05, 0) is 49.4 Å². The van der Waals surface area contributed by atoms with E-state index in [-0.39, 0.29) is 5.41 Å². The molecule has 0 aromatic carbocycles. The van der Waals surface area contributed by atoms with Gasteiger partial charge >= 0.3 is 5.97 Å². The van der Waals surface area contributed by atoms with E-state index in [1.807, 2.05) is 0 Å². The fourth-order valence-corrected chi connectivity index (χ4v) is 3.63. The number of carboxylic acid groups (broad SMARTS) is 1. The number of fused-ring (bicyclic) bond motifs is 3. The van der Waals surface area contributed by atoms with Gasteiger partial charge in [-0.1, -0.05) is 20.8 Å². The standard InChI is InChI=1S/C13H22O2/c1-11(2,3)13-7-4-12(5-8-13,6-9-13)10(14)15/h4-9H2,1-3H3,(H,14,15). The van der Waals surface area contributed by atoms with Crippen LogP contribution in [0.4, 0.5) is 0 Å². The highest BCUT2D eigenvalue weighted by molar-refractivity contribution is 5.75. The van der Waals surface area contributed by atoms with E-state index in [0.717, 1.165) is 38.5 Å². The first-order valence-corrected chi connectivity index (χ1v) is 6.05. The second kappa shape index (κ2) is 2.99. The fourth-order valence-electron chi connectivity index (χ4n) is 3.63. The number of hydrogen-bond donors (Lipinski definition) is 1. The van der Waals surface area contributed by atoms with Crippen molar-refractivity contribution in [2.45, 2.75) is 59.3 Å². The van der Waals surface area contributed by atoms with E-state index in [1.54, 1.807) is 0 Å². The molecule has 0 heterocycles. The Morgan fingerprint density at radius 3 is 1.67 bits per heavy atom. The van der Waals surface area contributed by atoms with Crippen LogP contribution in [0.2, 0.25) is 0 Å². The molecule has 15 heavy (non-hydrogen) atoms. The maximum atomic E-state index is 11.3. The minimum Gasteiger partial charge on any atom is -0.481 e. The zero-order valence-corrected chi connectivity index (χ0v) is 10.1. The average molecular weight is 210 g/mol. The topological polar surface area (TPSA) is 37.3 Å². The molecule has 0 atom stereocenters. The summed E-state index contributed by atoms with van der Waals surface area (Å²) in [6.45, 7) is 6.93. The molecule has 2 bridgehead atoms. The molecule has 0 spiro atoms. The Hall–Kier alpha value is -0.530. The van der Waals surface area contributed by atoms with Crippen LogP contribution in [-0.2, 0) is 4.79 Å². The van der Waals surface area contributed by atoms with Gasteiger partial charge in [0.25, 0.3) is 0 Å². The smallest absolute Gasteiger partial charge is 0.309 e. The highest BCUT2D eigenvalue weighted by Crippen LogP contribution is 2.63. The van der Waals surface area contributed by atoms with Gasteiger partial charge < -0.3 is 5.11 Å². The van der Waals surface area contributed by atoms with Crippen molar-refractivity contribution in [3.63, 3.8) is 0 Å². The van der Waals surface area contributed by atoms with Crippen molar-refractivity contribution in [3.05, 3.63) is 0 Å². The van der Waals surface area contributed by atoms with Crippen molar-refractivity contribution >= 4 is 5.97 Å². The lowest BCUT2D eigenvalue weighted by atomic mass is 9.47. The minimum absolute atomic E-state index is 0.331. The predicted molar refractivity (Wildman–Crippen MR) is 59.7 cm³/mol. The largest absolute Gasteiger partial charge is 0.481 e. The Morgan fingerprint density at radius 2 is 1.40 bits per heavy atom. The maximum Gasteiger partial charge on any atom is 0.309 e. The summed E-state index contributed by atoms with van der Waals surface area (Å²) < 4.78 is 0. The van der Waals surface area contributed by atoms with Crippen molar-refractivity contribution in [3.8, 4) is 0 Å². The summed E-state index contributed by atoms with van der Waals surface area (Å²) in [6, 6.07) is 0.